The molecule has 0 amide bonds. The Morgan fingerprint density at radius 3 is 2.89 bits per heavy atom. The van der Waals surface area contributed by atoms with Crippen molar-refractivity contribution in [2.24, 2.45) is 10.7 Å². The number of nitrogens with zero attached hydrogens (tertiary/aromatic N) is 2. The van der Waals surface area contributed by atoms with E-state index in [1.807, 2.05) is 24.3 Å². The summed E-state index contributed by atoms with van der Waals surface area (Å²) in [6.07, 6.45) is 5.14. The lowest BCUT2D eigenvalue weighted by Gasteiger charge is -2.31. The van der Waals surface area contributed by atoms with E-state index in [1.165, 1.54) is 0 Å². The SMILES string of the molecule is Cc1cccc2c1NC=NC2(N)c1cccnc1. The van der Waals surface area contributed by atoms with E-state index in [-0.39, 0.29) is 0 Å². The van der Waals surface area contributed by atoms with E-state index >= 15 is 0 Å². The maximum absolute atomic E-state index is 6.48. The fourth-order valence-corrected chi connectivity index (χ4v) is 2.26. The van der Waals surface area contributed by atoms with Crippen molar-refractivity contribution < 1.29 is 0 Å². The second kappa shape index (κ2) is 3.92. The van der Waals surface area contributed by atoms with Crippen molar-refractivity contribution in [2.75, 3.05) is 5.32 Å². The molecule has 0 spiro atoms. The topological polar surface area (TPSA) is 63.3 Å². The second-order valence-corrected chi connectivity index (χ2v) is 4.41. The highest BCUT2D eigenvalue weighted by Gasteiger charge is 2.33. The molecule has 4 heteroatoms. The standard InChI is InChI=1S/C14H14N4/c1-10-4-2-6-12-13(10)17-9-18-14(12,15)11-5-3-7-16-8-11/h2-9H,15H2,1H3,(H,17,18). The number of aromatic nitrogens is 1. The lowest BCUT2D eigenvalue weighted by atomic mass is 9.90. The predicted molar refractivity (Wildman–Crippen MR) is 72.5 cm³/mol. The van der Waals surface area contributed by atoms with E-state index in [4.69, 9.17) is 5.73 Å². The van der Waals surface area contributed by atoms with E-state index < -0.39 is 5.66 Å². The molecule has 2 heterocycles. The van der Waals surface area contributed by atoms with Gasteiger partial charge in [0.1, 0.15) is 0 Å². The van der Waals surface area contributed by atoms with Gasteiger partial charge in [-0.15, -0.1) is 0 Å². The number of aryl methyl sites for hydroxylation is 1. The van der Waals surface area contributed by atoms with Gasteiger partial charge < -0.3 is 5.32 Å². The van der Waals surface area contributed by atoms with Crippen molar-refractivity contribution in [3.63, 3.8) is 0 Å². The van der Waals surface area contributed by atoms with Crippen molar-refractivity contribution in [1.82, 2.24) is 4.98 Å². The van der Waals surface area contributed by atoms with Crippen LogP contribution in [-0.2, 0) is 5.66 Å². The van der Waals surface area contributed by atoms with Gasteiger partial charge in [0.05, 0.1) is 6.34 Å². The molecular weight excluding hydrogens is 224 g/mol. The third-order valence-corrected chi connectivity index (χ3v) is 3.26. The van der Waals surface area contributed by atoms with Gasteiger partial charge in [-0.25, -0.2) is 4.99 Å². The summed E-state index contributed by atoms with van der Waals surface area (Å²) < 4.78 is 0. The first-order chi connectivity index (χ1) is 8.72. The Morgan fingerprint density at radius 2 is 2.11 bits per heavy atom. The van der Waals surface area contributed by atoms with Crippen LogP contribution >= 0.6 is 0 Å². The normalized spacial score (nSPS) is 21.2. The predicted octanol–water partition coefficient (Wildman–Crippen LogP) is 2.00. The number of pyridine rings is 1. The third-order valence-electron chi connectivity index (χ3n) is 3.26. The molecular formula is C14H14N4. The number of fused-ring (bicyclic) bond motifs is 1. The molecule has 18 heavy (non-hydrogen) atoms. The summed E-state index contributed by atoms with van der Waals surface area (Å²) in [5.74, 6) is 0. The van der Waals surface area contributed by atoms with Crippen LogP contribution < -0.4 is 11.1 Å². The van der Waals surface area contributed by atoms with Gasteiger partial charge in [-0.3, -0.25) is 10.7 Å². The van der Waals surface area contributed by atoms with Gasteiger partial charge in [0.15, 0.2) is 5.66 Å². The molecule has 0 saturated heterocycles. The molecule has 0 radical (unpaired) electrons. The molecule has 0 bridgehead atoms. The molecule has 90 valence electrons. The first-order valence-corrected chi connectivity index (χ1v) is 5.81. The highest BCUT2D eigenvalue weighted by atomic mass is 15.1. The zero-order valence-electron chi connectivity index (χ0n) is 10.1. The van der Waals surface area contributed by atoms with Crippen LogP contribution in [0.25, 0.3) is 0 Å². The van der Waals surface area contributed by atoms with Crippen molar-refractivity contribution in [2.45, 2.75) is 12.6 Å². The van der Waals surface area contributed by atoms with Crippen LogP contribution in [-0.4, -0.2) is 11.3 Å². The summed E-state index contributed by atoms with van der Waals surface area (Å²) in [5.41, 5.74) is 9.65. The number of nitrogens with two attached hydrogens (primary N) is 1. The minimum absolute atomic E-state index is 0.860. The summed E-state index contributed by atoms with van der Waals surface area (Å²) in [5, 5.41) is 3.16. The average Bonchev–Trinajstić information content (AvgIpc) is 2.41. The molecule has 1 unspecified atom stereocenters. The van der Waals surface area contributed by atoms with Gasteiger partial charge in [-0.05, 0) is 18.6 Å². The van der Waals surface area contributed by atoms with E-state index in [9.17, 15) is 0 Å². The molecule has 4 nitrogen and oxygen atoms in total. The second-order valence-electron chi connectivity index (χ2n) is 4.41. The zero-order valence-corrected chi connectivity index (χ0v) is 10.1. The van der Waals surface area contributed by atoms with E-state index in [2.05, 4.69) is 28.3 Å². The molecule has 1 atom stereocenters. The summed E-state index contributed by atoms with van der Waals surface area (Å²) in [7, 11) is 0. The summed E-state index contributed by atoms with van der Waals surface area (Å²) in [4.78, 5) is 8.54. The van der Waals surface area contributed by atoms with Gasteiger partial charge in [0.2, 0.25) is 0 Å². The smallest absolute Gasteiger partial charge is 0.165 e. The Balaban J connectivity index is 2.23. The average molecular weight is 238 g/mol. The zero-order chi connectivity index (χ0) is 12.6. The quantitative estimate of drug-likeness (QED) is 0.798. The van der Waals surface area contributed by atoms with E-state index in [0.29, 0.717) is 0 Å². The molecule has 1 aliphatic rings. The van der Waals surface area contributed by atoms with Gasteiger partial charge in [0.25, 0.3) is 0 Å². The molecule has 3 rings (SSSR count). The third kappa shape index (κ3) is 1.50. The molecule has 1 aromatic heterocycles. The Labute approximate surface area is 106 Å². The number of benzene rings is 1. The molecule has 0 aliphatic carbocycles. The molecule has 0 fully saturated rings. The number of hydrogen-bond donors (Lipinski definition) is 2. The maximum Gasteiger partial charge on any atom is 0.165 e. The van der Waals surface area contributed by atoms with Crippen LogP contribution in [0.5, 0.6) is 0 Å². The van der Waals surface area contributed by atoms with Crippen LogP contribution in [0.1, 0.15) is 16.7 Å². The van der Waals surface area contributed by atoms with Crippen molar-refractivity contribution in [3.8, 4) is 0 Å². The molecule has 2 aromatic rings. The van der Waals surface area contributed by atoms with E-state index in [0.717, 1.165) is 22.4 Å². The highest BCUT2D eigenvalue weighted by Crippen LogP contribution is 2.36. The van der Waals surface area contributed by atoms with Crippen LogP contribution in [0.4, 0.5) is 5.69 Å². The fourth-order valence-electron chi connectivity index (χ4n) is 2.26. The van der Waals surface area contributed by atoms with Crippen LogP contribution in [0, 0.1) is 6.92 Å². The fraction of sp³-hybridized carbons (Fsp3) is 0.143. The minimum Gasteiger partial charge on any atom is -0.346 e. The van der Waals surface area contributed by atoms with Crippen molar-refractivity contribution in [1.29, 1.82) is 0 Å². The van der Waals surface area contributed by atoms with Crippen LogP contribution in [0.3, 0.4) is 0 Å². The highest BCUT2D eigenvalue weighted by molar-refractivity contribution is 5.83. The first-order valence-electron chi connectivity index (χ1n) is 5.81. The van der Waals surface area contributed by atoms with Crippen LogP contribution in [0.15, 0.2) is 47.7 Å². The lowest BCUT2D eigenvalue weighted by molar-refractivity contribution is 0.568. The summed E-state index contributed by atoms with van der Waals surface area (Å²) in [6.45, 7) is 2.05. The molecule has 3 N–H and O–H groups in total. The van der Waals surface area contributed by atoms with Gasteiger partial charge in [-0.1, -0.05) is 24.3 Å². The Kier molecular flexibility index (Phi) is 2.38. The summed E-state index contributed by atoms with van der Waals surface area (Å²) in [6, 6.07) is 9.86. The maximum atomic E-state index is 6.48. The molecule has 0 saturated carbocycles. The Morgan fingerprint density at radius 1 is 1.22 bits per heavy atom. The monoisotopic (exact) mass is 238 g/mol. The minimum atomic E-state index is -0.860. The Hall–Kier alpha value is -2.20. The van der Waals surface area contributed by atoms with Crippen LogP contribution in [0.2, 0.25) is 0 Å². The van der Waals surface area contributed by atoms with Gasteiger partial charge >= 0.3 is 0 Å². The first kappa shape index (κ1) is 10.9. The number of hydrogen-bond acceptors (Lipinski definition) is 4. The number of anilines is 1. The Bertz CT molecular complexity index is 606. The van der Waals surface area contributed by atoms with Gasteiger partial charge in [0, 0.05) is 29.2 Å². The molecule has 1 aromatic carbocycles. The van der Waals surface area contributed by atoms with E-state index in [1.54, 1.807) is 18.7 Å². The number of aliphatic imine (C=N–C) groups is 1. The lowest BCUT2D eigenvalue weighted by Crippen LogP contribution is -2.39. The van der Waals surface area contributed by atoms with Gasteiger partial charge in [-0.2, -0.15) is 0 Å². The number of para-hydroxylation sites is 1. The summed E-state index contributed by atoms with van der Waals surface area (Å²) >= 11 is 0. The largest absolute Gasteiger partial charge is 0.346 e. The van der Waals surface area contributed by atoms with Crippen molar-refractivity contribution >= 4 is 12.0 Å². The molecule has 1 aliphatic heterocycles. The van der Waals surface area contributed by atoms with Crippen molar-refractivity contribution in [3.05, 3.63) is 59.4 Å². The number of nitrogens with one attached hydrogen (secondary N) is 1. The number of rotatable bonds is 1.